The molecule has 0 aliphatic heterocycles. The van der Waals surface area contributed by atoms with Gasteiger partial charge >= 0.3 is 0 Å². The fraction of sp³-hybridized carbons (Fsp3) is 0. The highest BCUT2D eigenvalue weighted by Gasteiger charge is 2.00. The van der Waals surface area contributed by atoms with Crippen molar-refractivity contribution < 1.29 is 0 Å². The van der Waals surface area contributed by atoms with Crippen LogP contribution in [0.4, 0.5) is 0 Å². The smallest absolute Gasteiger partial charge is 0.00726 e. The van der Waals surface area contributed by atoms with Crippen LogP contribution >= 0.6 is 8.19 Å². The lowest BCUT2D eigenvalue weighted by Gasteiger charge is -1.88. The first-order chi connectivity index (χ1) is 6.45. The maximum atomic E-state index is 3.31. The Morgan fingerprint density at radius 1 is 0.923 bits per heavy atom. The third-order valence-corrected chi connectivity index (χ3v) is 3.70. The SMILES string of the molecule is [c]1cccc2c1[pH]c1ccccc12. The fourth-order valence-electron chi connectivity index (χ4n) is 1.73. The van der Waals surface area contributed by atoms with Crippen molar-refractivity contribution in [2.45, 2.75) is 0 Å². The van der Waals surface area contributed by atoms with Crippen LogP contribution < -0.4 is 0 Å². The molecule has 13 heavy (non-hydrogen) atoms. The predicted octanol–water partition coefficient (Wildman–Crippen LogP) is 3.82. The first-order valence-electron chi connectivity index (χ1n) is 4.32. The highest BCUT2D eigenvalue weighted by molar-refractivity contribution is 7.43. The summed E-state index contributed by atoms with van der Waals surface area (Å²) in [4.78, 5) is 0. The largest absolute Gasteiger partial charge is 0.123 e. The molecule has 0 aliphatic carbocycles. The van der Waals surface area contributed by atoms with E-state index in [1.165, 1.54) is 21.0 Å². The summed E-state index contributed by atoms with van der Waals surface area (Å²) in [5, 5.41) is 5.59. The molecule has 0 nitrogen and oxygen atoms in total. The summed E-state index contributed by atoms with van der Waals surface area (Å²) in [7, 11) is 0.795. The molecule has 2 aromatic carbocycles. The molecule has 1 aromatic heterocycles. The van der Waals surface area contributed by atoms with Crippen LogP contribution in [0.15, 0.2) is 42.5 Å². The Labute approximate surface area is 78.3 Å². The second kappa shape index (κ2) is 2.61. The Balaban J connectivity index is 2.64. The molecule has 61 valence electrons. The zero-order valence-corrected chi connectivity index (χ0v) is 8.04. The number of benzene rings is 2. The van der Waals surface area contributed by atoms with Crippen molar-refractivity contribution >= 4 is 29.2 Å². The van der Waals surface area contributed by atoms with E-state index in [9.17, 15) is 0 Å². The third-order valence-electron chi connectivity index (χ3n) is 2.33. The van der Waals surface area contributed by atoms with E-state index in [0.717, 1.165) is 8.19 Å². The molecular formula is C12H8P. The zero-order chi connectivity index (χ0) is 8.67. The van der Waals surface area contributed by atoms with Gasteiger partial charge in [0.1, 0.15) is 0 Å². The van der Waals surface area contributed by atoms with Gasteiger partial charge in [-0.2, -0.15) is 0 Å². The summed E-state index contributed by atoms with van der Waals surface area (Å²) in [6, 6.07) is 18.2. The van der Waals surface area contributed by atoms with Crippen LogP contribution in [0.25, 0.3) is 21.0 Å². The molecule has 3 rings (SSSR count). The lowest BCUT2D eigenvalue weighted by atomic mass is 10.2. The number of hydrogen-bond acceptors (Lipinski definition) is 0. The minimum absolute atomic E-state index is 0.795. The van der Waals surface area contributed by atoms with Crippen LogP contribution in [0.3, 0.4) is 0 Å². The van der Waals surface area contributed by atoms with Crippen molar-refractivity contribution in [3.63, 3.8) is 0 Å². The average molecular weight is 183 g/mol. The van der Waals surface area contributed by atoms with Crippen LogP contribution in [-0.2, 0) is 0 Å². The predicted molar refractivity (Wildman–Crippen MR) is 59.8 cm³/mol. The van der Waals surface area contributed by atoms with Gasteiger partial charge in [-0.15, -0.1) is 8.19 Å². The molecule has 1 heteroatoms. The van der Waals surface area contributed by atoms with Gasteiger partial charge in [-0.25, -0.2) is 0 Å². The Hall–Kier alpha value is -1.26. The fourth-order valence-corrected chi connectivity index (χ4v) is 3.04. The third kappa shape index (κ3) is 0.993. The number of rotatable bonds is 0. The van der Waals surface area contributed by atoms with Crippen molar-refractivity contribution in [1.82, 2.24) is 0 Å². The van der Waals surface area contributed by atoms with Gasteiger partial charge in [0.15, 0.2) is 0 Å². The van der Waals surface area contributed by atoms with E-state index in [0.29, 0.717) is 0 Å². The van der Waals surface area contributed by atoms with E-state index in [1.54, 1.807) is 0 Å². The summed E-state index contributed by atoms with van der Waals surface area (Å²) >= 11 is 0. The monoisotopic (exact) mass is 183 g/mol. The summed E-state index contributed by atoms with van der Waals surface area (Å²) in [6.07, 6.45) is 0. The molecule has 1 unspecified atom stereocenters. The Morgan fingerprint density at radius 2 is 1.77 bits per heavy atom. The summed E-state index contributed by atoms with van der Waals surface area (Å²) in [5.41, 5.74) is 0. The summed E-state index contributed by atoms with van der Waals surface area (Å²) in [6.45, 7) is 0. The van der Waals surface area contributed by atoms with Gasteiger partial charge in [0.2, 0.25) is 0 Å². The van der Waals surface area contributed by atoms with E-state index >= 15 is 0 Å². The maximum Gasteiger partial charge on any atom is 0.00726 e. The normalized spacial score (nSPS) is 11.1. The molecular weight excluding hydrogens is 175 g/mol. The molecule has 1 heterocycles. The van der Waals surface area contributed by atoms with Gasteiger partial charge < -0.3 is 0 Å². The second-order valence-corrected chi connectivity index (χ2v) is 4.42. The highest BCUT2D eigenvalue weighted by atomic mass is 31.0. The van der Waals surface area contributed by atoms with Gasteiger partial charge in [-0.05, 0) is 22.0 Å². The lowest BCUT2D eigenvalue weighted by molar-refractivity contribution is 1.83. The van der Waals surface area contributed by atoms with E-state index in [2.05, 4.69) is 42.5 Å². The van der Waals surface area contributed by atoms with Crippen LogP contribution in [0.5, 0.6) is 0 Å². The standard InChI is InChI=1S/C12H8P/c1-3-7-11-9(5-1)10-6-2-4-8-12(10)13-11/h1-7,13H. The second-order valence-electron chi connectivity index (χ2n) is 3.13. The van der Waals surface area contributed by atoms with Crippen molar-refractivity contribution in [3.8, 4) is 0 Å². The molecule has 3 aromatic rings. The van der Waals surface area contributed by atoms with E-state index < -0.39 is 0 Å². The van der Waals surface area contributed by atoms with Crippen molar-refractivity contribution in [2.24, 2.45) is 0 Å². The van der Waals surface area contributed by atoms with Crippen LogP contribution in [0.2, 0.25) is 0 Å². The average Bonchev–Trinajstić information content (AvgIpc) is 2.56. The molecule has 0 amide bonds. The van der Waals surface area contributed by atoms with Gasteiger partial charge in [-0.3, -0.25) is 0 Å². The van der Waals surface area contributed by atoms with E-state index in [4.69, 9.17) is 0 Å². The maximum absolute atomic E-state index is 3.31. The highest BCUT2D eigenvalue weighted by Crippen LogP contribution is 2.36. The molecule has 0 N–H and O–H groups in total. The molecule has 0 aliphatic rings. The lowest BCUT2D eigenvalue weighted by Crippen LogP contribution is -1.63. The van der Waals surface area contributed by atoms with Crippen LogP contribution in [0.1, 0.15) is 0 Å². The first-order valence-corrected chi connectivity index (χ1v) is 5.32. The molecule has 0 saturated heterocycles. The van der Waals surface area contributed by atoms with Crippen molar-refractivity contribution in [1.29, 1.82) is 0 Å². The molecule has 0 fully saturated rings. The topological polar surface area (TPSA) is 0 Å². The van der Waals surface area contributed by atoms with E-state index in [1.807, 2.05) is 6.07 Å². The minimum atomic E-state index is 0.795. The zero-order valence-electron chi connectivity index (χ0n) is 7.04. The summed E-state index contributed by atoms with van der Waals surface area (Å²) < 4.78 is 0. The molecule has 0 spiro atoms. The quantitative estimate of drug-likeness (QED) is 0.497. The Morgan fingerprint density at radius 3 is 2.77 bits per heavy atom. The van der Waals surface area contributed by atoms with Crippen molar-refractivity contribution in [3.05, 3.63) is 48.5 Å². The van der Waals surface area contributed by atoms with Crippen LogP contribution in [0, 0.1) is 6.07 Å². The van der Waals surface area contributed by atoms with Gasteiger partial charge in [0.05, 0.1) is 0 Å². The Bertz CT molecular complexity index is 513. The number of fused-ring (bicyclic) bond motifs is 3. The molecule has 1 atom stereocenters. The molecule has 0 bridgehead atoms. The molecule has 0 saturated carbocycles. The Kier molecular flexibility index (Phi) is 1.44. The minimum Gasteiger partial charge on any atom is -0.123 e. The van der Waals surface area contributed by atoms with E-state index in [-0.39, 0.29) is 0 Å². The van der Waals surface area contributed by atoms with Crippen molar-refractivity contribution in [2.75, 3.05) is 0 Å². The molecule has 1 radical (unpaired) electrons. The first kappa shape index (κ1) is 7.17. The van der Waals surface area contributed by atoms with Gasteiger partial charge in [0.25, 0.3) is 0 Å². The summed E-state index contributed by atoms with van der Waals surface area (Å²) in [5.74, 6) is 0. The van der Waals surface area contributed by atoms with Crippen LogP contribution in [-0.4, -0.2) is 0 Å². The van der Waals surface area contributed by atoms with Gasteiger partial charge in [0, 0.05) is 5.12 Å². The van der Waals surface area contributed by atoms with Gasteiger partial charge in [-0.1, -0.05) is 42.5 Å². The number of hydrogen-bond donors (Lipinski definition) is 0.